The molecule has 0 spiro atoms. The SMILES string of the molecule is COC(=O)[C@@H](NC(C)=O)[C@H](c1ccccc1)c1cc(C)cc(C)c1. The number of nitrogens with one attached hydrogen (secondary N) is 1. The molecule has 126 valence electrons. The lowest BCUT2D eigenvalue weighted by Gasteiger charge is -2.27. The molecule has 2 aromatic carbocycles. The summed E-state index contributed by atoms with van der Waals surface area (Å²) in [5.74, 6) is -1.05. The molecule has 0 unspecified atom stereocenters. The Morgan fingerprint density at radius 1 is 0.958 bits per heavy atom. The molecule has 0 aliphatic carbocycles. The quantitative estimate of drug-likeness (QED) is 0.859. The molecule has 0 aliphatic heterocycles. The molecule has 0 heterocycles. The van der Waals surface area contributed by atoms with Crippen LogP contribution in [0.2, 0.25) is 0 Å². The first kappa shape index (κ1) is 17.7. The van der Waals surface area contributed by atoms with Crippen LogP contribution in [0, 0.1) is 13.8 Å². The van der Waals surface area contributed by atoms with Crippen LogP contribution >= 0.6 is 0 Å². The molecule has 4 nitrogen and oxygen atoms in total. The number of carbonyl (C=O) groups excluding carboxylic acids is 2. The summed E-state index contributed by atoms with van der Waals surface area (Å²) in [5.41, 5.74) is 4.14. The zero-order valence-corrected chi connectivity index (χ0v) is 14.5. The van der Waals surface area contributed by atoms with E-state index < -0.39 is 12.0 Å². The third-order valence-electron chi connectivity index (χ3n) is 3.91. The Labute approximate surface area is 142 Å². The van der Waals surface area contributed by atoms with Gasteiger partial charge in [0.05, 0.1) is 7.11 Å². The number of hydrogen-bond donors (Lipinski definition) is 1. The summed E-state index contributed by atoms with van der Waals surface area (Å²) in [4.78, 5) is 24.0. The summed E-state index contributed by atoms with van der Waals surface area (Å²) in [6.07, 6.45) is 0. The summed E-state index contributed by atoms with van der Waals surface area (Å²) in [6, 6.07) is 15.1. The predicted octanol–water partition coefficient (Wildman–Crippen LogP) is 3.11. The van der Waals surface area contributed by atoms with E-state index in [0.29, 0.717) is 0 Å². The van der Waals surface area contributed by atoms with Crippen molar-refractivity contribution in [1.29, 1.82) is 0 Å². The lowest BCUT2D eigenvalue weighted by Crippen LogP contribution is -2.45. The molecule has 1 amide bonds. The smallest absolute Gasteiger partial charge is 0.329 e. The van der Waals surface area contributed by atoms with E-state index in [1.165, 1.54) is 14.0 Å². The van der Waals surface area contributed by atoms with Gasteiger partial charge in [0.2, 0.25) is 5.91 Å². The Morgan fingerprint density at radius 2 is 1.54 bits per heavy atom. The fraction of sp³-hybridized carbons (Fsp3) is 0.300. The number of methoxy groups -OCH3 is 1. The number of esters is 1. The van der Waals surface area contributed by atoms with Crippen LogP contribution in [0.1, 0.15) is 35.1 Å². The van der Waals surface area contributed by atoms with E-state index in [2.05, 4.69) is 11.4 Å². The average molecular weight is 325 g/mol. The lowest BCUT2D eigenvalue weighted by atomic mass is 9.83. The Kier molecular flexibility index (Phi) is 5.74. The summed E-state index contributed by atoms with van der Waals surface area (Å²) >= 11 is 0. The summed E-state index contributed by atoms with van der Waals surface area (Å²) in [6.45, 7) is 5.44. The fourth-order valence-corrected chi connectivity index (χ4v) is 3.05. The van der Waals surface area contributed by atoms with Gasteiger partial charge in [0.1, 0.15) is 6.04 Å². The topological polar surface area (TPSA) is 55.4 Å². The lowest BCUT2D eigenvalue weighted by molar-refractivity contribution is -0.145. The van der Waals surface area contributed by atoms with Gasteiger partial charge < -0.3 is 10.1 Å². The van der Waals surface area contributed by atoms with Gasteiger partial charge in [-0.15, -0.1) is 0 Å². The van der Waals surface area contributed by atoms with Crippen LogP contribution in [-0.2, 0) is 14.3 Å². The molecule has 1 N–H and O–H groups in total. The molecule has 0 radical (unpaired) electrons. The molecule has 4 heteroatoms. The molecule has 2 rings (SSSR count). The number of hydrogen-bond acceptors (Lipinski definition) is 3. The summed E-state index contributed by atoms with van der Waals surface area (Å²) in [7, 11) is 1.33. The summed E-state index contributed by atoms with van der Waals surface area (Å²) < 4.78 is 4.94. The average Bonchev–Trinajstić information content (AvgIpc) is 2.53. The van der Waals surface area contributed by atoms with Crippen molar-refractivity contribution in [2.45, 2.75) is 32.7 Å². The van der Waals surface area contributed by atoms with Gasteiger partial charge in [0.15, 0.2) is 0 Å². The first-order chi connectivity index (χ1) is 11.4. The first-order valence-electron chi connectivity index (χ1n) is 7.90. The van der Waals surface area contributed by atoms with Crippen LogP contribution in [0.3, 0.4) is 0 Å². The van der Waals surface area contributed by atoms with Crippen molar-refractivity contribution in [3.8, 4) is 0 Å². The van der Waals surface area contributed by atoms with Crippen LogP contribution < -0.4 is 5.32 Å². The molecule has 24 heavy (non-hydrogen) atoms. The number of ether oxygens (including phenoxy) is 1. The number of benzene rings is 2. The highest BCUT2D eigenvalue weighted by Crippen LogP contribution is 2.30. The van der Waals surface area contributed by atoms with Crippen LogP contribution in [0.5, 0.6) is 0 Å². The van der Waals surface area contributed by atoms with Crippen LogP contribution in [0.4, 0.5) is 0 Å². The molecule has 0 saturated carbocycles. The normalized spacial score (nSPS) is 13.0. The molecule has 0 bridgehead atoms. The third-order valence-corrected chi connectivity index (χ3v) is 3.91. The maximum absolute atomic E-state index is 12.4. The van der Waals surface area contributed by atoms with E-state index in [1.807, 2.05) is 56.3 Å². The molecular formula is C20H23NO3. The Balaban J connectivity index is 2.60. The van der Waals surface area contributed by atoms with E-state index in [1.54, 1.807) is 0 Å². The molecule has 0 saturated heterocycles. The summed E-state index contributed by atoms with van der Waals surface area (Å²) in [5, 5.41) is 2.75. The zero-order chi connectivity index (χ0) is 17.7. The number of aryl methyl sites for hydroxylation is 2. The largest absolute Gasteiger partial charge is 0.467 e. The highest BCUT2D eigenvalue weighted by Gasteiger charge is 2.32. The van der Waals surface area contributed by atoms with Gasteiger partial charge in [-0.2, -0.15) is 0 Å². The van der Waals surface area contributed by atoms with Gasteiger partial charge in [0.25, 0.3) is 0 Å². The van der Waals surface area contributed by atoms with Crippen molar-refractivity contribution in [1.82, 2.24) is 5.32 Å². The van der Waals surface area contributed by atoms with Crippen LogP contribution in [-0.4, -0.2) is 25.0 Å². The number of carbonyl (C=O) groups is 2. The second-order valence-corrected chi connectivity index (χ2v) is 6.01. The van der Waals surface area contributed by atoms with E-state index in [0.717, 1.165) is 22.3 Å². The zero-order valence-electron chi connectivity index (χ0n) is 14.5. The molecule has 0 aromatic heterocycles. The van der Waals surface area contributed by atoms with E-state index >= 15 is 0 Å². The van der Waals surface area contributed by atoms with Gasteiger partial charge in [0, 0.05) is 12.8 Å². The highest BCUT2D eigenvalue weighted by molar-refractivity contribution is 5.84. The van der Waals surface area contributed by atoms with E-state index in [4.69, 9.17) is 4.74 Å². The van der Waals surface area contributed by atoms with Crippen molar-refractivity contribution in [3.63, 3.8) is 0 Å². The standard InChI is InChI=1S/C20H23NO3/c1-13-10-14(2)12-17(11-13)18(16-8-6-5-7-9-16)19(20(23)24-4)21-15(3)22/h5-12,18-19H,1-4H3,(H,21,22)/t18-,19+/m1/s1. The molecule has 2 atom stereocenters. The minimum Gasteiger partial charge on any atom is -0.467 e. The van der Waals surface area contributed by atoms with Gasteiger partial charge in [-0.3, -0.25) is 4.79 Å². The monoisotopic (exact) mass is 325 g/mol. The van der Waals surface area contributed by atoms with Gasteiger partial charge in [-0.25, -0.2) is 4.79 Å². The first-order valence-corrected chi connectivity index (χ1v) is 7.90. The molecule has 0 aliphatic rings. The number of rotatable bonds is 5. The Bertz CT molecular complexity index is 705. The number of amides is 1. The van der Waals surface area contributed by atoms with Gasteiger partial charge in [-0.05, 0) is 25.0 Å². The highest BCUT2D eigenvalue weighted by atomic mass is 16.5. The third kappa shape index (κ3) is 4.22. The minimum atomic E-state index is -0.781. The minimum absolute atomic E-state index is 0.268. The maximum Gasteiger partial charge on any atom is 0.329 e. The second-order valence-electron chi connectivity index (χ2n) is 6.01. The Morgan fingerprint density at radius 3 is 2.04 bits per heavy atom. The van der Waals surface area contributed by atoms with Crippen molar-refractivity contribution in [2.75, 3.05) is 7.11 Å². The van der Waals surface area contributed by atoms with Crippen molar-refractivity contribution in [3.05, 3.63) is 70.8 Å². The van der Waals surface area contributed by atoms with Crippen LogP contribution in [0.25, 0.3) is 0 Å². The second kappa shape index (κ2) is 7.77. The van der Waals surface area contributed by atoms with E-state index in [-0.39, 0.29) is 11.8 Å². The van der Waals surface area contributed by atoms with Crippen molar-refractivity contribution >= 4 is 11.9 Å². The van der Waals surface area contributed by atoms with Crippen LogP contribution in [0.15, 0.2) is 48.5 Å². The molecular weight excluding hydrogens is 302 g/mol. The predicted molar refractivity (Wildman–Crippen MR) is 93.8 cm³/mol. The van der Waals surface area contributed by atoms with Gasteiger partial charge >= 0.3 is 5.97 Å². The molecule has 0 fully saturated rings. The van der Waals surface area contributed by atoms with Crippen molar-refractivity contribution in [2.24, 2.45) is 0 Å². The van der Waals surface area contributed by atoms with Crippen molar-refractivity contribution < 1.29 is 14.3 Å². The van der Waals surface area contributed by atoms with Gasteiger partial charge in [-0.1, -0.05) is 59.7 Å². The maximum atomic E-state index is 12.4. The fourth-order valence-electron chi connectivity index (χ4n) is 3.05. The van der Waals surface area contributed by atoms with E-state index in [9.17, 15) is 9.59 Å². The molecule has 2 aromatic rings. The Hall–Kier alpha value is -2.62.